The molecule has 0 unspecified atom stereocenters. The summed E-state index contributed by atoms with van der Waals surface area (Å²) in [6.45, 7) is 0. The van der Waals surface area contributed by atoms with Gasteiger partial charge in [0.1, 0.15) is 0 Å². The van der Waals surface area contributed by atoms with E-state index in [-0.39, 0.29) is 18.4 Å². The van der Waals surface area contributed by atoms with Crippen LogP contribution in [0, 0.1) is 0 Å². The maximum atomic E-state index is 5.23. The van der Waals surface area contributed by atoms with Crippen molar-refractivity contribution in [1.82, 2.24) is 10.1 Å². The summed E-state index contributed by atoms with van der Waals surface area (Å²) in [7, 11) is 0. The van der Waals surface area contributed by atoms with Crippen LogP contribution in [0.3, 0.4) is 0 Å². The SMILES string of the molecule is Cl.Nc1noc(C2CC2)n1. The second-order valence-electron chi connectivity index (χ2n) is 2.27. The molecule has 1 aliphatic carbocycles. The molecule has 0 atom stereocenters. The van der Waals surface area contributed by atoms with Crippen LogP contribution in [-0.2, 0) is 0 Å². The predicted molar refractivity (Wildman–Crippen MR) is 37.9 cm³/mol. The average molecular weight is 162 g/mol. The predicted octanol–water partition coefficient (Wildman–Crippen LogP) is 0.951. The van der Waals surface area contributed by atoms with Gasteiger partial charge in [0.2, 0.25) is 5.89 Å². The molecule has 1 aliphatic rings. The lowest BCUT2D eigenvalue weighted by molar-refractivity contribution is 0.380. The molecule has 1 aromatic rings. The number of aromatic nitrogens is 2. The van der Waals surface area contributed by atoms with Gasteiger partial charge in [-0.25, -0.2) is 0 Å². The largest absolute Gasteiger partial charge is 0.365 e. The van der Waals surface area contributed by atoms with E-state index in [0.29, 0.717) is 11.8 Å². The fourth-order valence-corrected chi connectivity index (χ4v) is 0.743. The van der Waals surface area contributed by atoms with E-state index >= 15 is 0 Å². The molecule has 5 heteroatoms. The van der Waals surface area contributed by atoms with Crippen LogP contribution in [0.2, 0.25) is 0 Å². The van der Waals surface area contributed by atoms with E-state index in [1.54, 1.807) is 0 Å². The average Bonchev–Trinajstić information content (AvgIpc) is 2.58. The summed E-state index contributed by atoms with van der Waals surface area (Å²) in [5.74, 6) is 1.46. The fraction of sp³-hybridized carbons (Fsp3) is 0.600. The highest BCUT2D eigenvalue weighted by Crippen LogP contribution is 2.38. The van der Waals surface area contributed by atoms with E-state index in [0.717, 1.165) is 0 Å². The number of nitrogens with two attached hydrogens (primary N) is 1. The second-order valence-corrected chi connectivity index (χ2v) is 2.27. The number of nitrogens with zero attached hydrogens (tertiary/aromatic N) is 2. The zero-order valence-corrected chi connectivity index (χ0v) is 6.10. The van der Waals surface area contributed by atoms with Gasteiger partial charge in [0.25, 0.3) is 5.95 Å². The third-order valence-corrected chi connectivity index (χ3v) is 1.38. The van der Waals surface area contributed by atoms with E-state index in [9.17, 15) is 0 Å². The van der Waals surface area contributed by atoms with Crippen LogP contribution in [-0.4, -0.2) is 10.1 Å². The summed E-state index contributed by atoms with van der Waals surface area (Å²) in [4.78, 5) is 3.87. The molecule has 0 spiro atoms. The molecule has 2 N–H and O–H groups in total. The summed E-state index contributed by atoms with van der Waals surface area (Å²) in [6.07, 6.45) is 2.34. The van der Waals surface area contributed by atoms with Crippen molar-refractivity contribution in [3.05, 3.63) is 5.89 Å². The van der Waals surface area contributed by atoms with Crippen LogP contribution in [0.25, 0.3) is 0 Å². The third kappa shape index (κ3) is 1.21. The Bertz CT molecular complexity index is 220. The summed E-state index contributed by atoms with van der Waals surface area (Å²) < 4.78 is 4.80. The molecule has 0 bridgehead atoms. The minimum atomic E-state index is 0. The van der Waals surface area contributed by atoms with Crippen LogP contribution in [0.15, 0.2) is 4.52 Å². The van der Waals surface area contributed by atoms with E-state index < -0.39 is 0 Å². The van der Waals surface area contributed by atoms with Gasteiger partial charge < -0.3 is 10.3 Å². The standard InChI is InChI=1S/C5H7N3O.ClH/c6-5-7-4(9-8-5)3-1-2-3;/h3H,1-2H2,(H2,6,8);1H. The van der Waals surface area contributed by atoms with Gasteiger partial charge in [0.05, 0.1) is 0 Å². The number of nitrogen functional groups attached to an aromatic ring is 1. The molecular weight excluding hydrogens is 154 g/mol. The molecule has 10 heavy (non-hydrogen) atoms. The van der Waals surface area contributed by atoms with Crippen molar-refractivity contribution in [3.8, 4) is 0 Å². The van der Waals surface area contributed by atoms with E-state index in [1.165, 1.54) is 12.8 Å². The van der Waals surface area contributed by atoms with E-state index in [4.69, 9.17) is 10.3 Å². The zero-order valence-electron chi connectivity index (χ0n) is 5.28. The number of hydrogen-bond acceptors (Lipinski definition) is 4. The first kappa shape index (κ1) is 7.34. The maximum absolute atomic E-state index is 5.23. The molecular formula is C5H8ClN3O. The maximum Gasteiger partial charge on any atom is 0.260 e. The number of anilines is 1. The van der Waals surface area contributed by atoms with Gasteiger partial charge in [0, 0.05) is 5.92 Å². The Morgan fingerprint density at radius 1 is 1.50 bits per heavy atom. The van der Waals surface area contributed by atoms with Crippen LogP contribution in [0.5, 0.6) is 0 Å². The van der Waals surface area contributed by atoms with Crippen molar-refractivity contribution in [2.45, 2.75) is 18.8 Å². The van der Waals surface area contributed by atoms with Gasteiger partial charge in [0.15, 0.2) is 0 Å². The van der Waals surface area contributed by atoms with E-state index in [1.807, 2.05) is 0 Å². The van der Waals surface area contributed by atoms with Crippen LogP contribution in [0.1, 0.15) is 24.7 Å². The van der Waals surface area contributed by atoms with Gasteiger partial charge in [-0.3, -0.25) is 0 Å². The Hall–Kier alpha value is -0.770. The van der Waals surface area contributed by atoms with Gasteiger partial charge in [-0.1, -0.05) is 0 Å². The Balaban J connectivity index is 0.000000500. The summed E-state index contributed by atoms with van der Waals surface area (Å²) in [6, 6.07) is 0. The Morgan fingerprint density at radius 3 is 2.60 bits per heavy atom. The van der Waals surface area contributed by atoms with E-state index in [2.05, 4.69) is 10.1 Å². The van der Waals surface area contributed by atoms with Gasteiger partial charge >= 0.3 is 0 Å². The number of halogens is 1. The molecule has 0 radical (unpaired) electrons. The lowest BCUT2D eigenvalue weighted by Gasteiger charge is -1.78. The van der Waals surface area contributed by atoms with Crippen LogP contribution < -0.4 is 5.73 Å². The first-order chi connectivity index (χ1) is 4.36. The van der Waals surface area contributed by atoms with Gasteiger partial charge in [-0.2, -0.15) is 4.98 Å². The smallest absolute Gasteiger partial charge is 0.260 e. The van der Waals surface area contributed by atoms with Crippen LogP contribution in [0.4, 0.5) is 5.95 Å². The monoisotopic (exact) mass is 161 g/mol. The molecule has 0 amide bonds. The molecule has 1 saturated carbocycles. The van der Waals surface area contributed by atoms with Crippen LogP contribution >= 0.6 is 12.4 Å². The quantitative estimate of drug-likeness (QED) is 0.666. The van der Waals surface area contributed by atoms with Crippen molar-refractivity contribution in [1.29, 1.82) is 0 Å². The first-order valence-corrected chi connectivity index (χ1v) is 2.95. The molecule has 1 heterocycles. The minimum Gasteiger partial charge on any atom is -0.365 e. The van der Waals surface area contributed by atoms with Gasteiger partial charge in [-0.15, -0.1) is 12.4 Å². The fourth-order valence-electron chi connectivity index (χ4n) is 0.743. The molecule has 0 aliphatic heterocycles. The highest BCUT2D eigenvalue weighted by atomic mass is 35.5. The summed E-state index contributed by atoms with van der Waals surface area (Å²) in [5, 5.41) is 3.47. The molecule has 0 saturated heterocycles. The molecule has 1 fully saturated rings. The Morgan fingerprint density at radius 2 is 2.20 bits per heavy atom. The highest BCUT2D eigenvalue weighted by molar-refractivity contribution is 5.85. The Labute approximate surface area is 64.2 Å². The first-order valence-electron chi connectivity index (χ1n) is 2.95. The van der Waals surface area contributed by atoms with Crippen molar-refractivity contribution < 1.29 is 4.52 Å². The molecule has 1 aromatic heterocycles. The number of hydrogen-bond donors (Lipinski definition) is 1. The second kappa shape index (κ2) is 2.46. The van der Waals surface area contributed by atoms with Crippen molar-refractivity contribution in [2.24, 2.45) is 0 Å². The summed E-state index contributed by atoms with van der Waals surface area (Å²) in [5.41, 5.74) is 5.23. The minimum absolute atomic E-state index is 0. The molecule has 56 valence electrons. The lowest BCUT2D eigenvalue weighted by atomic mass is 10.4. The highest BCUT2D eigenvalue weighted by Gasteiger charge is 2.29. The topological polar surface area (TPSA) is 64.9 Å². The van der Waals surface area contributed by atoms with Crippen molar-refractivity contribution in [2.75, 3.05) is 5.73 Å². The third-order valence-electron chi connectivity index (χ3n) is 1.38. The number of rotatable bonds is 1. The zero-order chi connectivity index (χ0) is 6.27. The van der Waals surface area contributed by atoms with Crippen molar-refractivity contribution >= 4 is 18.4 Å². The molecule has 0 aromatic carbocycles. The Kier molecular flexibility index (Phi) is 1.80. The molecule has 4 nitrogen and oxygen atoms in total. The lowest BCUT2D eigenvalue weighted by Crippen LogP contribution is -1.85. The summed E-state index contributed by atoms with van der Waals surface area (Å²) >= 11 is 0. The van der Waals surface area contributed by atoms with Gasteiger partial charge in [-0.05, 0) is 18.0 Å². The van der Waals surface area contributed by atoms with Crippen molar-refractivity contribution in [3.63, 3.8) is 0 Å². The normalized spacial score (nSPS) is 16.4. The molecule has 2 rings (SSSR count).